The van der Waals surface area contributed by atoms with Crippen LogP contribution in [0.15, 0.2) is 5.38 Å². The standard InChI is InChI=1S/C16H29N3OS/c1-13(2)8-17-9-16-18-14(12-21-16)10-19(3)11-15-6-4-5-7-20-15/h12-13,15,17H,4-11H2,1-3H3. The van der Waals surface area contributed by atoms with Gasteiger partial charge in [0.05, 0.1) is 11.8 Å². The highest BCUT2D eigenvalue weighted by Crippen LogP contribution is 2.15. The molecule has 1 fully saturated rings. The average Bonchev–Trinajstić information content (AvgIpc) is 2.86. The van der Waals surface area contributed by atoms with Crippen LogP contribution in [-0.2, 0) is 17.8 Å². The molecular weight excluding hydrogens is 282 g/mol. The Kier molecular flexibility index (Phi) is 7.10. The summed E-state index contributed by atoms with van der Waals surface area (Å²) in [7, 11) is 2.16. The van der Waals surface area contributed by atoms with Crippen molar-refractivity contribution in [1.29, 1.82) is 0 Å². The van der Waals surface area contributed by atoms with Gasteiger partial charge in [-0.15, -0.1) is 11.3 Å². The Hall–Kier alpha value is -0.490. The molecule has 120 valence electrons. The van der Waals surface area contributed by atoms with E-state index in [2.05, 4.69) is 36.5 Å². The van der Waals surface area contributed by atoms with Crippen LogP contribution in [-0.4, -0.2) is 42.7 Å². The first kappa shape index (κ1) is 16.9. The van der Waals surface area contributed by atoms with Gasteiger partial charge in [-0.05, 0) is 38.8 Å². The summed E-state index contributed by atoms with van der Waals surface area (Å²) >= 11 is 1.76. The summed E-state index contributed by atoms with van der Waals surface area (Å²) in [6.07, 6.45) is 4.14. The van der Waals surface area contributed by atoms with Gasteiger partial charge >= 0.3 is 0 Å². The molecule has 1 unspecified atom stereocenters. The second kappa shape index (κ2) is 8.83. The van der Waals surface area contributed by atoms with Crippen molar-refractivity contribution in [3.8, 4) is 0 Å². The Labute approximate surface area is 132 Å². The quantitative estimate of drug-likeness (QED) is 0.801. The van der Waals surface area contributed by atoms with Gasteiger partial charge in [-0.2, -0.15) is 0 Å². The molecule has 0 bridgehead atoms. The lowest BCUT2D eigenvalue weighted by molar-refractivity contribution is -0.00272. The SMILES string of the molecule is CC(C)CNCc1nc(CN(C)CC2CCCCO2)cs1. The van der Waals surface area contributed by atoms with Gasteiger partial charge in [-0.1, -0.05) is 13.8 Å². The fourth-order valence-electron chi connectivity index (χ4n) is 2.61. The fourth-order valence-corrected chi connectivity index (χ4v) is 3.37. The van der Waals surface area contributed by atoms with Crippen molar-refractivity contribution < 1.29 is 4.74 Å². The zero-order valence-corrected chi connectivity index (χ0v) is 14.4. The van der Waals surface area contributed by atoms with E-state index in [0.29, 0.717) is 12.0 Å². The average molecular weight is 311 g/mol. The van der Waals surface area contributed by atoms with Crippen LogP contribution >= 0.6 is 11.3 Å². The second-order valence-corrected chi connectivity index (χ2v) is 7.39. The van der Waals surface area contributed by atoms with Crippen molar-refractivity contribution in [3.63, 3.8) is 0 Å². The normalized spacial score (nSPS) is 19.6. The number of nitrogens with one attached hydrogen (secondary N) is 1. The highest BCUT2D eigenvalue weighted by atomic mass is 32.1. The molecule has 0 aromatic carbocycles. The van der Waals surface area contributed by atoms with Gasteiger partial charge in [0.15, 0.2) is 0 Å². The second-order valence-electron chi connectivity index (χ2n) is 6.44. The molecule has 0 amide bonds. The van der Waals surface area contributed by atoms with E-state index in [0.717, 1.165) is 32.8 Å². The highest BCUT2D eigenvalue weighted by Gasteiger charge is 2.16. The summed E-state index contributed by atoms with van der Waals surface area (Å²) in [5, 5.41) is 6.82. The van der Waals surface area contributed by atoms with Crippen molar-refractivity contribution in [2.24, 2.45) is 5.92 Å². The maximum Gasteiger partial charge on any atom is 0.107 e. The topological polar surface area (TPSA) is 37.4 Å². The molecule has 1 aliphatic heterocycles. The Morgan fingerprint density at radius 3 is 3.05 bits per heavy atom. The lowest BCUT2D eigenvalue weighted by atomic mass is 10.1. The Bertz CT molecular complexity index is 402. The van der Waals surface area contributed by atoms with E-state index in [4.69, 9.17) is 9.72 Å². The van der Waals surface area contributed by atoms with E-state index in [1.807, 2.05) is 0 Å². The molecule has 0 saturated carbocycles. The predicted molar refractivity (Wildman–Crippen MR) is 88.6 cm³/mol. The minimum Gasteiger partial charge on any atom is -0.377 e. The number of aromatic nitrogens is 1. The summed E-state index contributed by atoms with van der Waals surface area (Å²) in [4.78, 5) is 7.04. The molecular formula is C16H29N3OS. The molecule has 1 aromatic rings. The van der Waals surface area contributed by atoms with Gasteiger partial charge in [0, 0.05) is 31.6 Å². The molecule has 0 spiro atoms. The van der Waals surface area contributed by atoms with E-state index >= 15 is 0 Å². The minimum atomic E-state index is 0.412. The van der Waals surface area contributed by atoms with Gasteiger partial charge in [0.2, 0.25) is 0 Å². The maximum atomic E-state index is 5.80. The molecule has 4 nitrogen and oxygen atoms in total. The van der Waals surface area contributed by atoms with Crippen LogP contribution in [0.25, 0.3) is 0 Å². The van der Waals surface area contributed by atoms with Crippen molar-refractivity contribution in [2.75, 3.05) is 26.7 Å². The predicted octanol–water partition coefficient (Wildman–Crippen LogP) is 2.89. The van der Waals surface area contributed by atoms with Crippen molar-refractivity contribution in [3.05, 3.63) is 16.1 Å². The van der Waals surface area contributed by atoms with E-state index in [1.54, 1.807) is 11.3 Å². The molecule has 21 heavy (non-hydrogen) atoms. The summed E-state index contributed by atoms with van der Waals surface area (Å²) in [6.45, 7) is 9.25. The van der Waals surface area contributed by atoms with E-state index in [-0.39, 0.29) is 0 Å². The number of likely N-dealkylation sites (N-methyl/N-ethyl adjacent to an activating group) is 1. The largest absolute Gasteiger partial charge is 0.377 e. The summed E-state index contributed by atoms with van der Waals surface area (Å²) in [5.74, 6) is 0.686. The number of ether oxygens (including phenoxy) is 1. The van der Waals surface area contributed by atoms with Gasteiger partial charge in [-0.25, -0.2) is 4.98 Å². The first-order chi connectivity index (χ1) is 10.1. The number of hydrogen-bond acceptors (Lipinski definition) is 5. The van der Waals surface area contributed by atoms with Crippen LogP contribution in [0.5, 0.6) is 0 Å². The molecule has 1 N–H and O–H groups in total. The molecule has 2 heterocycles. The van der Waals surface area contributed by atoms with Crippen LogP contribution < -0.4 is 5.32 Å². The van der Waals surface area contributed by atoms with Gasteiger partial charge in [-0.3, -0.25) is 4.90 Å². The van der Waals surface area contributed by atoms with E-state index < -0.39 is 0 Å². The van der Waals surface area contributed by atoms with Crippen molar-refractivity contribution >= 4 is 11.3 Å². The molecule has 1 aliphatic rings. The lowest BCUT2D eigenvalue weighted by Gasteiger charge is -2.26. The van der Waals surface area contributed by atoms with Gasteiger partial charge < -0.3 is 10.1 Å². The zero-order chi connectivity index (χ0) is 15.1. The molecule has 5 heteroatoms. The first-order valence-electron chi connectivity index (χ1n) is 8.07. The van der Waals surface area contributed by atoms with Gasteiger partial charge in [0.1, 0.15) is 5.01 Å². The highest BCUT2D eigenvalue weighted by molar-refractivity contribution is 7.09. The number of rotatable bonds is 8. The summed E-state index contributed by atoms with van der Waals surface area (Å²) in [5.41, 5.74) is 1.18. The summed E-state index contributed by atoms with van der Waals surface area (Å²) < 4.78 is 5.80. The Morgan fingerprint density at radius 2 is 2.33 bits per heavy atom. The zero-order valence-electron chi connectivity index (χ0n) is 13.6. The fraction of sp³-hybridized carbons (Fsp3) is 0.812. The van der Waals surface area contributed by atoms with Crippen LogP contribution in [0, 0.1) is 5.92 Å². The maximum absolute atomic E-state index is 5.80. The molecule has 1 aromatic heterocycles. The Balaban J connectivity index is 1.70. The first-order valence-corrected chi connectivity index (χ1v) is 8.95. The Morgan fingerprint density at radius 1 is 1.48 bits per heavy atom. The molecule has 2 rings (SSSR count). The number of thiazole rings is 1. The van der Waals surface area contributed by atoms with Gasteiger partial charge in [0.25, 0.3) is 0 Å². The minimum absolute atomic E-state index is 0.412. The number of nitrogens with zero attached hydrogens (tertiary/aromatic N) is 2. The third kappa shape index (κ3) is 6.43. The van der Waals surface area contributed by atoms with Crippen LogP contribution in [0.1, 0.15) is 43.8 Å². The molecule has 0 aliphatic carbocycles. The monoisotopic (exact) mass is 311 g/mol. The molecule has 1 atom stereocenters. The summed E-state index contributed by atoms with van der Waals surface area (Å²) in [6, 6.07) is 0. The molecule has 1 saturated heterocycles. The van der Waals surface area contributed by atoms with E-state index in [1.165, 1.54) is 30.0 Å². The van der Waals surface area contributed by atoms with Crippen LogP contribution in [0.4, 0.5) is 0 Å². The lowest BCUT2D eigenvalue weighted by Crippen LogP contribution is -2.33. The third-order valence-corrected chi connectivity index (χ3v) is 4.55. The van der Waals surface area contributed by atoms with Crippen molar-refractivity contribution in [2.45, 2.75) is 52.3 Å². The molecule has 0 radical (unpaired) electrons. The smallest absolute Gasteiger partial charge is 0.107 e. The third-order valence-electron chi connectivity index (χ3n) is 3.65. The van der Waals surface area contributed by atoms with Crippen molar-refractivity contribution in [1.82, 2.24) is 15.2 Å². The van der Waals surface area contributed by atoms with Crippen LogP contribution in [0.2, 0.25) is 0 Å². The van der Waals surface area contributed by atoms with E-state index in [9.17, 15) is 0 Å². The van der Waals surface area contributed by atoms with Crippen LogP contribution in [0.3, 0.4) is 0 Å². The number of hydrogen-bond donors (Lipinski definition) is 1.